The van der Waals surface area contributed by atoms with E-state index in [2.05, 4.69) is 5.32 Å². The number of carbonyl (C=O) groups is 1. The van der Waals surface area contributed by atoms with Crippen molar-refractivity contribution in [3.05, 3.63) is 0 Å². The molecule has 4 unspecified atom stereocenters. The van der Waals surface area contributed by atoms with Gasteiger partial charge in [-0.2, -0.15) is 0 Å². The Balaban J connectivity index is 1.45. The van der Waals surface area contributed by atoms with Gasteiger partial charge in [0.05, 0.1) is 0 Å². The third-order valence-electron chi connectivity index (χ3n) is 5.06. The van der Waals surface area contributed by atoms with E-state index in [0.29, 0.717) is 12.5 Å². The van der Waals surface area contributed by atoms with Crippen molar-refractivity contribution in [2.45, 2.75) is 57.5 Å². The van der Waals surface area contributed by atoms with Gasteiger partial charge in [-0.15, -0.1) is 0 Å². The predicted molar refractivity (Wildman–Crippen MR) is 67.2 cm³/mol. The molecule has 3 heteroatoms. The molecule has 0 aliphatic heterocycles. The topological polar surface area (TPSA) is 55.1 Å². The minimum Gasteiger partial charge on any atom is -0.353 e. The average Bonchev–Trinajstić information content (AvgIpc) is 2.66. The quantitative estimate of drug-likeness (QED) is 0.780. The molecule has 0 radical (unpaired) electrons. The van der Waals surface area contributed by atoms with Crippen molar-refractivity contribution in [3.63, 3.8) is 0 Å². The van der Waals surface area contributed by atoms with Gasteiger partial charge in [-0.3, -0.25) is 4.79 Å². The molecule has 2 bridgehead atoms. The van der Waals surface area contributed by atoms with Crippen molar-refractivity contribution >= 4 is 5.91 Å². The largest absolute Gasteiger partial charge is 0.353 e. The lowest BCUT2D eigenvalue weighted by molar-refractivity contribution is -0.121. The van der Waals surface area contributed by atoms with E-state index in [9.17, 15) is 4.79 Å². The lowest BCUT2D eigenvalue weighted by Gasteiger charge is -2.18. The maximum Gasteiger partial charge on any atom is 0.220 e. The van der Waals surface area contributed by atoms with E-state index < -0.39 is 0 Å². The summed E-state index contributed by atoms with van der Waals surface area (Å²) in [5.74, 6) is 3.75. The summed E-state index contributed by atoms with van der Waals surface area (Å²) in [5, 5.41) is 3.23. The van der Waals surface area contributed by atoms with E-state index in [1.54, 1.807) is 0 Å². The van der Waals surface area contributed by atoms with Crippen LogP contribution >= 0.6 is 0 Å². The molecule has 3 nitrogen and oxygen atoms in total. The van der Waals surface area contributed by atoms with E-state index >= 15 is 0 Å². The normalized spacial score (nSPS) is 42.4. The highest BCUT2D eigenvalue weighted by Gasteiger charge is 2.65. The smallest absolute Gasteiger partial charge is 0.220 e. The van der Waals surface area contributed by atoms with Gasteiger partial charge in [-0.25, -0.2) is 0 Å². The second-order valence-corrected chi connectivity index (χ2v) is 7.07. The molecule has 0 aromatic heterocycles. The summed E-state index contributed by atoms with van der Waals surface area (Å²) >= 11 is 0. The van der Waals surface area contributed by atoms with Gasteiger partial charge in [-0.1, -0.05) is 0 Å². The first-order valence-corrected chi connectivity index (χ1v) is 7.04. The summed E-state index contributed by atoms with van der Waals surface area (Å²) < 4.78 is 0. The number of nitrogens with two attached hydrogens (primary N) is 1. The number of amides is 1. The summed E-state index contributed by atoms with van der Waals surface area (Å²) in [6, 6.07) is 0.523. The molecule has 3 N–H and O–H groups in total. The van der Waals surface area contributed by atoms with Gasteiger partial charge in [0.25, 0.3) is 0 Å². The SMILES string of the molecule is CC(C)(N)CCC(=O)NC1C2C3CCC(C3)C12. The second kappa shape index (κ2) is 3.71. The number of rotatable bonds is 4. The Morgan fingerprint density at radius 2 is 1.88 bits per heavy atom. The Hall–Kier alpha value is -0.570. The zero-order valence-electron chi connectivity index (χ0n) is 10.9. The fraction of sp³-hybridized carbons (Fsp3) is 0.929. The maximum atomic E-state index is 11.8. The van der Waals surface area contributed by atoms with Gasteiger partial charge in [0.2, 0.25) is 5.91 Å². The van der Waals surface area contributed by atoms with Crippen LogP contribution in [0, 0.1) is 23.7 Å². The zero-order valence-corrected chi connectivity index (χ0v) is 10.9. The summed E-state index contributed by atoms with van der Waals surface area (Å²) in [6.45, 7) is 3.96. The fourth-order valence-corrected chi connectivity index (χ4v) is 4.21. The van der Waals surface area contributed by atoms with E-state index in [1.807, 2.05) is 13.8 Å². The second-order valence-electron chi connectivity index (χ2n) is 7.07. The molecule has 3 aliphatic carbocycles. The van der Waals surface area contributed by atoms with Crippen molar-refractivity contribution in [3.8, 4) is 0 Å². The molecule has 0 aromatic carbocycles. The highest BCUT2D eigenvalue weighted by atomic mass is 16.1. The first-order chi connectivity index (χ1) is 7.96. The van der Waals surface area contributed by atoms with Crippen LogP contribution in [0.15, 0.2) is 0 Å². The minimum atomic E-state index is -0.226. The number of hydrogen-bond donors (Lipinski definition) is 2. The Morgan fingerprint density at radius 1 is 1.29 bits per heavy atom. The van der Waals surface area contributed by atoms with Gasteiger partial charge in [0, 0.05) is 18.0 Å². The van der Waals surface area contributed by atoms with E-state index in [4.69, 9.17) is 5.73 Å². The van der Waals surface area contributed by atoms with Crippen LogP contribution in [0.5, 0.6) is 0 Å². The molecular formula is C14H24N2O. The fourth-order valence-electron chi connectivity index (χ4n) is 4.21. The molecular weight excluding hydrogens is 212 g/mol. The molecule has 3 rings (SSSR count). The predicted octanol–water partition coefficient (Wildman–Crippen LogP) is 1.66. The third kappa shape index (κ3) is 2.10. The molecule has 3 fully saturated rings. The molecule has 3 aliphatic rings. The standard InChI is InChI=1S/C14H24N2O/c1-14(2,15)6-5-10(17)16-13-11-8-3-4-9(7-8)12(11)13/h8-9,11-13H,3-7,15H2,1-2H3,(H,16,17). The van der Waals surface area contributed by atoms with Crippen LogP contribution in [0.4, 0.5) is 0 Å². The van der Waals surface area contributed by atoms with Gasteiger partial charge >= 0.3 is 0 Å². The van der Waals surface area contributed by atoms with Crippen molar-refractivity contribution in [2.24, 2.45) is 29.4 Å². The summed E-state index contributed by atoms with van der Waals surface area (Å²) in [4.78, 5) is 11.8. The highest BCUT2D eigenvalue weighted by molar-refractivity contribution is 5.77. The van der Waals surface area contributed by atoms with Crippen molar-refractivity contribution in [1.29, 1.82) is 0 Å². The van der Waals surface area contributed by atoms with Gasteiger partial charge in [0.1, 0.15) is 0 Å². The Labute approximate surface area is 104 Å². The first-order valence-electron chi connectivity index (χ1n) is 7.04. The first kappa shape index (κ1) is 11.5. The maximum absolute atomic E-state index is 11.8. The molecule has 96 valence electrons. The minimum absolute atomic E-state index is 0.210. The third-order valence-corrected chi connectivity index (χ3v) is 5.06. The van der Waals surface area contributed by atoms with Gasteiger partial charge in [-0.05, 0) is 63.2 Å². The summed E-state index contributed by atoms with van der Waals surface area (Å²) in [5.41, 5.74) is 5.67. The molecule has 0 heterocycles. The molecule has 0 spiro atoms. The van der Waals surface area contributed by atoms with Crippen LogP contribution in [0.2, 0.25) is 0 Å². The molecule has 4 atom stereocenters. The summed E-state index contributed by atoms with van der Waals surface area (Å²) in [6.07, 6.45) is 5.61. The van der Waals surface area contributed by atoms with Gasteiger partial charge in [0.15, 0.2) is 0 Å². The number of hydrogen-bond acceptors (Lipinski definition) is 2. The van der Waals surface area contributed by atoms with Gasteiger partial charge < -0.3 is 11.1 Å². The van der Waals surface area contributed by atoms with Crippen molar-refractivity contribution in [2.75, 3.05) is 0 Å². The van der Waals surface area contributed by atoms with E-state index in [0.717, 1.165) is 30.1 Å². The van der Waals surface area contributed by atoms with Crippen molar-refractivity contribution < 1.29 is 4.79 Å². The van der Waals surface area contributed by atoms with Crippen LogP contribution in [0.25, 0.3) is 0 Å². The molecule has 0 saturated heterocycles. The van der Waals surface area contributed by atoms with E-state index in [-0.39, 0.29) is 11.4 Å². The van der Waals surface area contributed by atoms with Crippen molar-refractivity contribution in [1.82, 2.24) is 5.32 Å². The Morgan fingerprint density at radius 3 is 2.41 bits per heavy atom. The van der Waals surface area contributed by atoms with Crippen LogP contribution in [-0.2, 0) is 4.79 Å². The summed E-state index contributed by atoms with van der Waals surface area (Å²) in [7, 11) is 0. The monoisotopic (exact) mass is 236 g/mol. The number of carbonyl (C=O) groups excluding carboxylic acids is 1. The zero-order chi connectivity index (χ0) is 12.2. The number of fused-ring (bicyclic) bond motifs is 5. The Kier molecular flexibility index (Phi) is 2.51. The van der Waals surface area contributed by atoms with Crippen LogP contribution in [-0.4, -0.2) is 17.5 Å². The Bertz CT molecular complexity index is 318. The van der Waals surface area contributed by atoms with Crippen LogP contribution < -0.4 is 11.1 Å². The molecule has 1 amide bonds. The average molecular weight is 236 g/mol. The highest BCUT2D eigenvalue weighted by Crippen LogP contribution is 2.65. The van der Waals surface area contributed by atoms with E-state index in [1.165, 1.54) is 19.3 Å². The lowest BCUT2D eigenvalue weighted by Crippen LogP contribution is -2.35. The molecule has 3 saturated carbocycles. The van der Waals surface area contributed by atoms with Crippen LogP contribution in [0.1, 0.15) is 46.0 Å². The molecule has 17 heavy (non-hydrogen) atoms. The molecule has 0 aromatic rings. The number of nitrogens with one attached hydrogen (secondary N) is 1. The van der Waals surface area contributed by atoms with Crippen LogP contribution in [0.3, 0.4) is 0 Å². The lowest BCUT2D eigenvalue weighted by atomic mass is 10.00.